The summed E-state index contributed by atoms with van der Waals surface area (Å²) < 4.78 is 0. The molecule has 0 aliphatic heterocycles. The van der Waals surface area contributed by atoms with Gasteiger partial charge in [0.25, 0.3) is 5.91 Å². The van der Waals surface area contributed by atoms with Crippen LogP contribution in [0.5, 0.6) is 0 Å². The first-order valence-corrected chi connectivity index (χ1v) is 11.4. The van der Waals surface area contributed by atoms with E-state index in [1.54, 1.807) is 12.4 Å². The van der Waals surface area contributed by atoms with Gasteiger partial charge in [0.15, 0.2) is 0 Å². The highest BCUT2D eigenvalue weighted by Crippen LogP contribution is 2.15. The predicted octanol–water partition coefficient (Wildman–Crippen LogP) is 5.30. The Morgan fingerprint density at radius 2 is 1.59 bits per heavy atom. The van der Waals surface area contributed by atoms with Gasteiger partial charge in [-0.3, -0.25) is 9.78 Å². The summed E-state index contributed by atoms with van der Waals surface area (Å²) in [6.07, 6.45) is 9.55. The van der Waals surface area contributed by atoms with Crippen LogP contribution in [-0.2, 0) is 6.42 Å². The van der Waals surface area contributed by atoms with Crippen LogP contribution in [0.15, 0.2) is 73.1 Å². The summed E-state index contributed by atoms with van der Waals surface area (Å²) in [5.74, 6) is 0.000400. The first-order chi connectivity index (χ1) is 15.7. The Morgan fingerprint density at radius 1 is 0.906 bits per heavy atom. The van der Waals surface area contributed by atoms with E-state index in [9.17, 15) is 4.79 Å². The highest BCUT2D eigenvalue weighted by Gasteiger charge is 2.07. The van der Waals surface area contributed by atoms with Crippen LogP contribution < -0.4 is 5.32 Å². The number of pyridine rings is 1. The van der Waals surface area contributed by atoms with Crippen LogP contribution in [0.3, 0.4) is 0 Å². The van der Waals surface area contributed by atoms with Crippen molar-refractivity contribution in [2.45, 2.75) is 26.7 Å². The maximum Gasteiger partial charge on any atom is 0.251 e. The molecule has 0 aliphatic rings. The average Bonchev–Trinajstić information content (AvgIpc) is 2.84. The number of carbonyl (C=O) groups is 1. The van der Waals surface area contributed by atoms with E-state index in [2.05, 4.69) is 71.5 Å². The number of nitrogens with zero attached hydrogens (tertiary/aromatic N) is 2. The van der Waals surface area contributed by atoms with Crippen molar-refractivity contribution in [1.82, 2.24) is 15.2 Å². The minimum Gasteiger partial charge on any atom is -0.352 e. The van der Waals surface area contributed by atoms with Crippen molar-refractivity contribution in [2.75, 3.05) is 26.2 Å². The lowest BCUT2D eigenvalue weighted by Gasteiger charge is -2.17. The number of nitrogens with one attached hydrogen (secondary N) is 1. The first kappa shape index (κ1) is 23.4. The van der Waals surface area contributed by atoms with Crippen LogP contribution in [-0.4, -0.2) is 42.0 Å². The number of aromatic nitrogens is 1. The minimum absolute atomic E-state index is 0.000400. The second kappa shape index (κ2) is 12.6. The molecule has 0 atom stereocenters. The smallest absolute Gasteiger partial charge is 0.251 e. The van der Waals surface area contributed by atoms with E-state index in [1.807, 2.05) is 30.3 Å². The molecular weight excluding hydrogens is 394 g/mol. The standard InChI is InChI=1S/C28H33N3O/c1-3-31(4-2)19-7-16-30-28(32)27-11-6-10-26(22-27)21-25-9-5-8-24(20-25)13-12-23-14-17-29-18-15-23/h5-6,8-15,17-18,20,22H,3-4,7,16,19,21H2,1-2H3,(H,30,32)/b13-12+. The average molecular weight is 428 g/mol. The molecule has 1 amide bonds. The Balaban J connectivity index is 1.57. The van der Waals surface area contributed by atoms with E-state index in [4.69, 9.17) is 0 Å². The SMILES string of the molecule is CCN(CC)CCCNC(=O)c1cccc(Cc2cccc(/C=C/c3ccncc3)c2)c1. The van der Waals surface area contributed by atoms with Gasteiger partial charge in [-0.15, -0.1) is 0 Å². The third kappa shape index (κ3) is 7.47. The maximum absolute atomic E-state index is 12.6. The largest absolute Gasteiger partial charge is 0.352 e. The molecule has 0 fully saturated rings. The Morgan fingerprint density at radius 3 is 2.34 bits per heavy atom. The number of rotatable bonds is 11. The topological polar surface area (TPSA) is 45.2 Å². The Labute approximate surface area is 192 Å². The van der Waals surface area contributed by atoms with E-state index in [0.29, 0.717) is 6.54 Å². The fourth-order valence-electron chi connectivity index (χ4n) is 3.68. The number of hydrogen-bond acceptors (Lipinski definition) is 3. The molecule has 0 aliphatic carbocycles. The summed E-state index contributed by atoms with van der Waals surface area (Å²) in [5.41, 5.74) is 5.36. The highest BCUT2D eigenvalue weighted by atomic mass is 16.1. The summed E-state index contributed by atoms with van der Waals surface area (Å²) in [6, 6.07) is 20.4. The Hall–Kier alpha value is -3.24. The molecule has 2 aromatic carbocycles. The lowest BCUT2D eigenvalue weighted by atomic mass is 10.0. The van der Waals surface area contributed by atoms with Crippen molar-refractivity contribution in [3.05, 3.63) is 101 Å². The van der Waals surface area contributed by atoms with E-state index in [1.165, 1.54) is 5.56 Å². The van der Waals surface area contributed by atoms with Crippen LogP contribution in [0.2, 0.25) is 0 Å². The number of benzene rings is 2. The molecule has 0 saturated carbocycles. The molecule has 1 aromatic heterocycles. The predicted molar refractivity (Wildman–Crippen MR) is 134 cm³/mol. The van der Waals surface area contributed by atoms with Gasteiger partial charge in [0.05, 0.1) is 0 Å². The van der Waals surface area contributed by atoms with Crippen LogP contribution in [0.1, 0.15) is 52.9 Å². The van der Waals surface area contributed by atoms with E-state index >= 15 is 0 Å². The lowest BCUT2D eigenvalue weighted by Crippen LogP contribution is -2.29. The molecule has 0 spiro atoms. The van der Waals surface area contributed by atoms with Crippen molar-refractivity contribution in [3.8, 4) is 0 Å². The van der Waals surface area contributed by atoms with E-state index in [0.717, 1.165) is 54.7 Å². The Bertz CT molecular complexity index is 1010. The van der Waals surface area contributed by atoms with E-state index in [-0.39, 0.29) is 5.91 Å². The summed E-state index contributed by atoms with van der Waals surface area (Å²) in [4.78, 5) is 19.0. The fraction of sp³-hybridized carbons (Fsp3) is 0.286. The molecule has 32 heavy (non-hydrogen) atoms. The highest BCUT2D eigenvalue weighted by molar-refractivity contribution is 5.94. The van der Waals surface area contributed by atoms with Gasteiger partial charge in [-0.05, 0) is 79.0 Å². The third-order valence-corrected chi connectivity index (χ3v) is 5.55. The van der Waals surface area contributed by atoms with Crippen molar-refractivity contribution < 1.29 is 4.79 Å². The van der Waals surface area contributed by atoms with Crippen molar-refractivity contribution in [3.63, 3.8) is 0 Å². The minimum atomic E-state index is 0.000400. The molecule has 1 N–H and O–H groups in total. The zero-order valence-electron chi connectivity index (χ0n) is 19.1. The molecular formula is C28H33N3O. The second-order valence-corrected chi connectivity index (χ2v) is 7.87. The van der Waals surface area contributed by atoms with Crippen molar-refractivity contribution in [2.24, 2.45) is 0 Å². The molecule has 1 heterocycles. The first-order valence-electron chi connectivity index (χ1n) is 11.4. The van der Waals surface area contributed by atoms with Crippen molar-refractivity contribution in [1.29, 1.82) is 0 Å². The molecule has 0 unspecified atom stereocenters. The van der Waals surface area contributed by atoms with Gasteiger partial charge in [0, 0.05) is 24.5 Å². The van der Waals surface area contributed by atoms with E-state index < -0.39 is 0 Å². The van der Waals surface area contributed by atoms with Crippen LogP contribution in [0.4, 0.5) is 0 Å². The molecule has 3 rings (SSSR count). The summed E-state index contributed by atoms with van der Waals surface area (Å²) >= 11 is 0. The maximum atomic E-state index is 12.6. The molecule has 166 valence electrons. The lowest BCUT2D eigenvalue weighted by molar-refractivity contribution is 0.0951. The zero-order valence-corrected chi connectivity index (χ0v) is 19.1. The Kier molecular flexibility index (Phi) is 9.20. The van der Waals surface area contributed by atoms with Gasteiger partial charge in [-0.2, -0.15) is 0 Å². The number of carbonyl (C=O) groups excluding carboxylic acids is 1. The summed E-state index contributed by atoms with van der Waals surface area (Å²) in [6.45, 7) is 8.15. The zero-order chi connectivity index (χ0) is 22.6. The van der Waals surface area contributed by atoms with Gasteiger partial charge in [0.1, 0.15) is 0 Å². The normalized spacial score (nSPS) is 11.2. The van der Waals surface area contributed by atoms with Gasteiger partial charge in [-0.1, -0.05) is 62.4 Å². The van der Waals surface area contributed by atoms with Gasteiger partial charge < -0.3 is 10.2 Å². The molecule has 4 heteroatoms. The second-order valence-electron chi connectivity index (χ2n) is 7.87. The van der Waals surface area contributed by atoms with Gasteiger partial charge in [-0.25, -0.2) is 0 Å². The quantitative estimate of drug-likeness (QED) is 0.422. The van der Waals surface area contributed by atoms with Gasteiger partial charge in [0.2, 0.25) is 0 Å². The van der Waals surface area contributed by atoms with Crippen LogP contribution >= 0.6 is 0 Å². The monoisotopic (exact) mass is 427 g/mol. The molecule has 0 saturated heterocycles. The fourth-order valence-corrected chi connectivity index (χ4v) is 3.68. The third-order valence-electron chi connectivity index (χ3n) is 5.55. The molecule has 3 aromatic rings. The number of amides is 1. The number of hydrogen-bond donors (Lipinski definition) is 1. The van der Waals surface area contributed by atoms with Crippen LogP contribution in [0.25, 0.3) is 12.2 Å². The molecule has 0 radical (unpaired) electrons. The summed E-state index contributed by atoms with van der Waals surface area (Å²) in [7, 11) is 0. The van der Waals surface area contributed by atoms with Gasteiger partial charge >= 0.3 is 0 Å². The van der Waals surface area contributed by atoms with Crippen molar-refractivity contribution >= 4 is 18.1 Å². The van der Waals surface area contributed by atoms with Crippen LogP contribution in [0, 0.1) is 0 Å². The molecule has 0 bridgehead atoms. The molecule has 4 nitrogen and oxygen atoms in total. The summed E-state index contributed by atoms with van der Waals surface area (Å²) in [5, 5.41) is 3.06.